The smallest absolute Gasteiger partial charge is 0.262 e. The number of benzene rings is 3. The van der Waals surface area contributed by atoms with Gasteiger partial charge in [0.25, 0.3) is 15.9 Å². The Morgan fingerprint density at radius 3 is 2.45 bits per heavy atom. The van der Waals surface area contributed by atoms with E-state index in [1.807, 2.05) is 12.1 Å². The molecule has 4 rings (SSSR count). The third kappa shape index (κ3) is 4.56. The molecule has 1 aliphatic rings. The lowest BCUT2D eigenvalue weighted by atomic mass is 9.87. The van der Waals surface area contributed by atoms with Crippen molar-refractivity contribution < 1.29 is 17.9 Å². The standard InChI is InChI=1S/C24H24N2O4S/c1-30-23-12-5-4-10-22(23)26-31(28,29)19-15-13-18(14-16-19)24(27)25-21-11-6-8-17-7-2-3-9-20(17)21/h2-5,7,9-10,12-16,21,26H,6,8,11H2,1H3,(H,25,27). The van der Waals surface area contributed by atoms with Crippen LogP contribution >= 0.6 is 0 Å². The van der Waals surface area contributed by atoms with Gasteiger partial charge in [-0.05, 0) is 66.8 Å². The number of hydrogen-bond acceptors (Lipinski definition) is 4. The van der Waals surface area contributed by atoms with E-state index >= 15 is 0 Å². The van der Waals surface area contributed by atoms with E-state index in [9.17, 15) is 13.2 Å². The van der Waals surface area contributed by atoms with Gasteiger partial charge in [0.1, 0.15) is 5.75 Å². The molecule has 0 bridgehead atoms. The molecule has 1 unspecified atom stereocenters. The second kappa shape index (κ2) is 8.81. The number of anilines is 1. The van der Waals surface area contributed by atoms with Crippen LogP contribution in [0.4, 0.5) is 5.69 Å². The van der Waals surface area contributed by atoms with Gasteiger partial charge < -0.3 is 10.1 Å². The topological polar surface area (TPSA) is 84.5 Å². The lowest BCUT2D eigenvalue weighted by Gasteiger charge is -2.26. The van der Waals surface area contributed by atoms with Crippen LogP contribution in [0.3, 0.4) is 0 Å². The van der Waals surface area contributed by atoms with Gasteiger partial charge in [-0.15, -0.1) is 0 Å². The van der Waals surface area contributed by atoms with Gasteiger partial charge in [0.15, 0.2) is 0 Å². The molecule has 0 saturated carbocycles. The Labute approximate surface area is 182 Å². The van der Waals surface area contributed by atoms with Gasteiger partial charge in [0, 0.05) is 5.56 Å². The lowest BCUT2D eigenvalue weighted by Crippen LogP contribution is -2.31. The van der Waals surface area contributed by atoms with Crippen molar-refractivity contribution in [1.82, 2.24) is 5.32 Å². The van der Waals surface area contributed by atoms with E-state index in [-0.39, 0.29) is 16.8 Å². The van der Waals surface area contributed by atoms with Crippen molar-refractivity contribution in [2.24, 2.45) is 0 Å². The first-order valence-corrected chi connectivity index (χ1v) is 11.6. The molecule has 160 valence electrons. The summed E-state index contributed by atoms with van der Waals surface area (Å²) in [6.07, 6.45) is 2.93. The minimum atomic E-state index is -3.82. The Hall–Kier alpha value is -3.32. The summed E-state index contributed by atoms with van der Waals surface area (Å²) in [4.78, 5) is 12.8. The summed E-state index contributed by atoms with van der Waals surface area (Å²) in [5.74, 6) is 0.207. The first-order chi connectivity index (χ1) is 15.0. The fourth-order valence-corrected chi connectivity index (χ4v) is 4.93. The average Bonchev–Trinajstić information content (AvgIpc) is 2.79. The van der Waals surface area contributed by atoms with Crippen molar-refractivity contribution in [1.29, 1.82) is 0 Å². The zero-order valence-corrected chi connectivity index (χ0v) is 18.0. The van der Waals surface area contributed by atoms with Crippen LogP contribution in [0.1, 0.15) is 40.4 Å². The number of carbonyl (C=O) groups excluding carboxylic acids is 1. The maximum Gasteiger partial charge on any atom is 0.262 e. The minimum absolute atomic E-state index is 0.0342. The van der Waals surface area contributed by atoms with Crippen molar-refractivity contribution in [2.45, 2.75) is 30.2 Å². The SMILES string of the molecule is COc1ccccc1NS(=O)(=O)c1ccc(C(=O)NC2CCCc3ccccc32)cc1. The number of sulfonamides is 1. The van der Waals surface area contributed by atoms with Crippen LogP contribution in [-0.4, -0.2) is 21.4 Å². The largest absolute Gasteiger partial charge is 0.495 e. The van der Waals surface area contributed by atoms with Gasteiger partial charge in [-0.25, -0.2) is 8.42 Å². The van der Waals surface area contributed by atoms with Crippen molar-refractivity contribution in [3.8, 4) is 5.75 Å². The summed E-state index contributed by atoms with van der Waals surface area (Å²) in [6, 6.07) is 20.8. The van der Waals surface area contributed by atoms with Crippen LogP contribution in [-0.2, 0) is 16.4 Å². The van der Waals surface area contributed by atoms with Gasteiger partial charge >= 0.3 is 0 Å². The molecule has 1 amide bonds. The third-order valence-electron chi connectivity index (χ3n) is 5.45. The predicted octanol–water partition coefficient (Wildman–Crippen LogP) is 4.30. The molecule has 0 aliphatic heterocycles. The number of ether oxygens (including phenoxy) is 1. The lowest BCUT2D eigenvalue weighted by molar-refractivity contribution is 0.0932. The van der Waals surface area contributed by atoms with Gasteiger partial charge in [0.2, 0.25) is 0 Å². The summed E-state index contributed by atoms with van der Waals surface area (Å²) in [5.41, 5.74) is 3.19. The van der Waals surface area contributed by atoms with E-state index in [0.29, 0.717) is 17.0 Å². The quantitative estimate of drug-likeness (QED) is 0.603. The molecule has 0 aromatic heterocycles. The van der Waals surface area contributed by atoms with E-state index in [2.05, 4.69) is 22.2 Å². The number of rotatable bonds is 6. The van der Waals surface area contributed by atoms with E-state index < -0.39 is 10.0 Å². The molecule has 0 heterocycles. The molecule has 0 spiro atoms. The molecule has 2 N–H and O–H groups in total. The van der Waals surface area contributed by atoms with E-state index in [4.69, 9.17) is 4.74 Å². The molecular weight excluding hydrogens is 412 g/mol. The fraction of sp³-hybridized carbons (Fsp3) is 0.208. The molecule has 31 heavy (non-hydrogen) atoms. The molecule has 6 nitrogen and oxygen atoms in total. The fourth-order valence-electron chi connectivity index (χ4n) is 3.86. The van der Waals surface area contributed by atoms with Crippen LogP contribution in [0.2, 0.25) is 0 Å². The summed E-state index contributed by atoms with van der Waals surface area (Å²) in [7, 11) is -2.34. The van der Waals surface area contributed by atoms with Gasteiger partial charge in [-0.1, -0.05) is 36.4 Å². The second-order valence-corrected chi connectivity index (χ2v) is 9.13. The summed E-state index contributed by atoms with van der Waals surface area (Å²) < 4.78 is 33.2. The maximum atomic E-state index is 12.8. The molecule has 3 aromatic carbocycles. The monoisotopic (exact) mass is 436 g/mol. The molecule has 0 fully saturated rings. The second-order valence-electron chi connectivity index (χ2n) is 7.45. The van der Waals surface area contributed by atoms with Gasteiger partial charge in [0.05, 0.1) is 23.7 Å². The van der Waals surface area contributed by atoms with Gasteiger partial charge in [-0.2, -0.15) is 0 Å². The van der Waals surface area contributed by atoms with Crippen molar-refractivity contribution in [2.75, 3.05) is 11.8 Å². The highest BCUT2D eigenvalue weighted by atomic mass is 32.2. The first kappa shape index (κ1) is 20.9. The number of aryl methyl sites for hydroxylation is 1. The Balaban J connectivity index is 1.48. The van der Waals surface area contributed by atoms with Crippen LogP contribution < -0.4 is 14.8 Å². The predicted molar refractivity (Wildman–Crippen MR) is 120 cm³/mol. The number of amides is 1. The number of hydrogen-bond donors (Lipinski definition) is 2. The Kier molecular flexibility index (Phi) is 5.95. The highest BCUT2D eigenvalue weighted by molar-refractivity contribution is 7.92. The first-order valence-electron chi connectivity index (χ1n) is 10.1. The van der Waals surface area contributed by atoms with Gasteiger partial charge in [-0.3, -0.25) is 9.52 Å². The van der Waals surface area contributed by atoms with Crippen molar-refractivity contribution in [3.05, 3.63) is 89.5 Å². The van der Waals surface area contributed by atoms with Crippen molar-refractivity contribution >= 4 is 21.6 Å². The molecule has 3 aromatic rings. The normalized spacial score (nSPS) is 15.6. The summed E-state index contributed by atoms with van der Waals surface area (Å²) in [5, 5.41) is 3.08. The number of nitrogens with one attached hydrogen (secondary N) is 2. The van der Waals surface area contributed by atoms with E-state index in [0.717, 1.165) is 24.8 Å². The molecule has 1 aliphatic carbocycles. The molecule has 1 atom stereocenters. The van der Waals surface area contributed by atoms with Crippen LogP contribution in [0.15, 0.2) is 77.7 Å². The Morgan fingerprint density at radius 1 is 0.968 bits per heavy atom. The van der Waals surface area contributed by atoms with Crippen molar-refractivity contribution in [3.63, 3.8) is 0 Å². The van der Waals surface area contributed by atoms with Crippen LogP contribution in [0, 0.1) is 0 Å². The highest BCUT2D eigenvalue weighted by Crippen LogP contribution is 2.30. The summed E-state index contributed by atoms with van der Waals surface area (Å²) in [6.45, 7) is 0. The zero-order chi connectivity index (χ0) is 21.8. The number of carbonyl (C=O) groups is 1. The van der Waals surface area contributed by atoms with E-state index in [1.54, 1.807) is 24.3 Å². The number of methoxy groups -OCH3 is 1. The molecule has 7 heteroatoms. The minimum Gasteiger partial charge on any atom is -0.495 e. The third-order valence-corrected chi connectivity index (χ3v) is 6.83. The Bertz CT molecular complexity index is 1190. The maximum absolute atomic E-state index is 12.8. The number of para-hydroxylation sites is 2. The number of fused-ring (bicyclic) bond motifs is 1. The van der Waals surface area contributed by atoms with E-state index in [1.165, 1.54) is 36.9 Å². The summed E-state index contributed by atoms with van der Waals surface area (Å²) >= 11 is 0. The average molecular weight is 437 g/mol. The van der Waals surface area contributed by atoms with Crippen LogP contribution in [0.5, 0.6) is 5.75 Å². The molecule has 0 radical (unpaired) electrons. The molecule has 0 saturated heterocycles. The highest BCUT2D eigenvalue weighted by Gasteiger charge is 2.22. The Morgan fingerprint density at radius 2 is 1.68 bits per heavy atom. The molecular formula is C24H24N2O4S. The van der Waals surface area contributed by atoms with Crippen LogP contribution in [0.25, 0.3) is 0 Å². The zero-order valence-electron chi connectivity index (χ0n) is 17.2.